The molecular formula is C13H23NO2. The van der Waals surface area contributed by atoms with Crippen molar-refractivity contribution in [3.05, 3.63) is 0 Å². The van der Waals surface area contributed by atoms with Gasteiger partial charge in [-0.3, -0.25) is 4.79 Å². The van der Waals surface area contributed by atoms with E-state index in [4.69, 9.17) is 0 Å². The van der Waals surface area contributed by atoms with Crippen LogP contribution in [0.3, 0.4) is 0 Å². The lowest BCUT2D eigenvalue weighted by atomic mass is 10.1. The van der Waals surface area contributed by atoms with Gasteiger partial charge in [0.25, 0.3) is 0 Å². The molecule has 1 N–H and O–H groups in total. The Balaban J connectivity index is 1.89. The molecule has 3 atom stereocenters. The van der Waals surface area contributed by atoms with Crippen LogP contribution in [-0.4, -0.2) is 34.6 Å². The molecule has 3 unspecified atom stereocenters. The zero-order valence-electron chi connectivity index (χ0n) is 10.5. The zero-order chi connectivity index (χ0) is 11.9. The van der Waals surface area contributed by atoms with Gasteiger partial charge in [0.2, 0.25) is 5.91 Å². The minimum Gasteiger partial charge on any atom is -0.392 e. The van der Waals surface area contributed by atoms with Gasteiger partial charge >= 0.3 is 0 Å². The van der Waals surface area contributed by atoms with Gasteiger partial charge < -0.3 is 10.0 Å². The number of aliphatic hydroxyl groups excluding tert-OH is 1. The lowest BCUT2D eigenvalue weighted by Crippen LogP contribution is -2.42. The molecule has 2 aliphatic rings. The average molecular weight is 225 g/mol. The number of hydrogen-bond acceptors (Lipinski definition) is 2. The highest BCUT2D eigenvalue weighted by Gasteiger charge is 2.52. The number of nitrogens with zero attached hydrogens (tertiary/aromatic N) is 1. The maximum absolute atomic E-state index is 12.2. The molecule has 0 bridgehead atoms. The first-order valence-corrected chi connectivity index (χ1v) is 6.49. The first-order chi connectivity index (χ1) is 7.50. The van der Waals surface area contributed by atoms with E-state index in [-0.39, 0.29) is 17.9 Å². The van der Waals surface area contributed by atoms with Crippen LogP contribution in [0, 0.1) is 17.8 Å². The van der Waals surface area contributed by atoms with E-state index in [1.165, 1.54) is 12.8 Å². The van der Waals surface area contributed by atoms with Crippen LogP contribution in [0.5, 0.6) is 0 Å². The molecule has 2 aliphatic carbocycles. The molecule has 0 spiro atoms. The summed E-state index contributed by atoms with van der Waals surface area (Å²) in [5, 5.41) is 9.42. The molecule has 16 heavy (non-hydrogen) atoms. The Bertz CT molecular complexity index is 271. The summed E-state index contributed by atoms with van der Waals surface area (Å²) >= 11 is 0. The van der Waals surface area contributed by atoms with Crippen molar-refractivity contribution in [2.45, 2.75) is 52.2 Å². The Kier molecular flexibility index (Phi) is 3.24. The number of carbonyl (C=O) groups is 1. The highest BCUT2D eigenvalue weighted by atomic mass is 16.3. The second-order valence-electron chi connectivity index (χ2n) is 5.78. The van der Waals surface area contributed by atoms with Crippen LogP contribution >= 0.6 is 0 Å². The molecule has 1 amide bonds. The van der Waals surface area contributed by atoms with Gasteiger partial charge in [0.15, 0.2) is 0 Å². The summed E-state index contributed by atoms with van der Waals surface area (Å²) < 4.78 is 0. The second kappa shape index (κ2) is 4.36. The Labute approximate surface area is 97.8 Å². The number of amides is 1. The summed E-state index contributed by atoms with van der Waals surface area (Å²) in [5.74, 6) is 2.05. The fraction of sp³-hybridized carbons (Fsp3) is 0.923. The van der Waals surface area contributed by atoms with Crippen LogP contribution in [0.1, 0.15) is 40.0 Å². The summed E-state index contributed by atoms with van der Waals surface area (Å²) in [6.45, 7) is 6.27. The van der Waals surface area contributed by atoms with Crippen LogP contribution in [0.15, 0.2) is 0 Å². The summed E-state index contributed by atoms with van der Waals surface area (Å²) in [5.41, 5.74) is 0. The molecule has 0 heterocycles. The Morgan fingerprint density at radius 1 is 1.38 bits per heavy atom. The third-order valence-corrected chi connectivity index (χ3v) is 3.75. The first kappa shape index (κ1) is 11.9. The predicted octanol–water partition coefficient (Wildman–Crippen LogP) is 1.65. The molecule has 3 heteroatoms. The molecule has 2 saturated carbocycles. The number of rotatable bonds is 5. The van der Waals surface area contributed by atoms with Crippen LogP contribution in [-0.2, 0) is 4.79 Å². The van der Waals surface area contributed by atoms with Gasteiger partial charge in [0.05, 0.1) is 6.10 Å². The molecule has 0 aromatic rings. The largest absolute Gasteiger partial charge is 0.392 e. The molecule has 0 aliphatic heterocycles. The van der Waals surface area contributed by atoms with Crippen molar-refractivity contribution in [1.82, 2.24) is 4.90 Å². The van der Waals surface area contributed by atoms with Crippen molar-refractivity contribution >= 4 is 5.91 Å². The van der Waals surface area contributed by atoms with Gasteiger partial charge in [-0.15, -0.1) is 0 Å². The van der Waals surface area contributed by atoms with E-state index in [0.29, 0.717) is 12.5 Å². The summed E-state index contributed by atoms with van der Waals surface area (Å²) in [7, 11) is 0. The highest BCUT2D eigenvalue weighted by molar-refractivity contribution is 5.82. The molecule has 0 aromatic carbocycles. The zero-order valence-corrected chi connectivity index (χ0v) is 10.5. The van der Waals surface area contributed by atoms with Gasteiger partial charge in [-0.1, -0.05) is 0 Å². The van der Waals surface area contributed by atoms with Gasteiger partial charge in [0.1, 0.15) is 0 Å². The molecule has 0 aromatic heterocycles. The molecule has 92 valence electrons. The molecule has 3 nitrogen and oxygen atoms in total. The maximum atomic E-state index is 12.2. The monoisotopic (exact) mass is 225 g/mol. The minimum absolute atomic E-state index is 0.197. The summed E-state index contributed by atoms with van der Waals surface area (Å²) in [6, 6.07) is 0.197. The van der Waals surface area contributed by atoms with Crippen molar-refractivity contribution in [1.29, 1.82) is 0 Å². The fourth-order valence-corrected chi connectivity index (χ4v) is 2.60. The molecular weight excluding hydrogens is 202 g/mol. The van der Waals surface area contributed by atoms with Crippen molar-refractivity contribution in [2.75, 3.05) is 6.54 Å². The smallest absolute Gasteiger partial charge is 0.226 e. The lowest BCUT2D eigenvalue weighted by molar-refractivity contribution is -0.136. The van der Waals surface area contributed by atoms with E-state index in [9.17, 15) is 9.90 Å². The Hall–Kier alpha value is -0.570. The minimum atomic E-state index is -0.426. The van der Waals surface area contributed by atoms with Crippen LogP contribution in [0.25, 0.3) is 0 Å². The van der Waals surface area contributed by atoms with E-state index in [2.05, 4.69) is 0 Å². The van der Waals surface area contributed by atoms with Crippen molar-refractivity contribution in [3.8, 4) is 0 Å². The second-order valence-corrected chi connectivity index (χ2v) is 5.78. The highest BCUT2D eigenvalue weighted by Crippen LogP contribution is 2.54. The van der Waals surface area contributed by atoms with Crippen molar-refractivity contribution in [2.24, 2.45) is 17.8 Å². The number of aliphatic hydroxyl groups is 1. The van der Waals surface area contributed by atoms with Crippen molar-refractivity contribution in [3.63, 3.8) is 0 Å². The standard InChI is InChI=1S/C13H23NO2/c1-8(2)14(7-9(3)15)13(16)12-6-11(12)10-4-5-10/h8-12,15H,4-7H2,1-3H3. The SMILES string of the molecule is CC(O)CN(C(=O)C1CC1C1CC1)C(C)C. The van der Waals surface area contributed by atoms with E-state index >= 15 is 0 Å². The maximum Gasteiger partial charge on any atom is 0.226 e. The van der Waals surface area contributed by atoms with Crippen molar-refractivity contribution < 1.29 is 9.90 Å². The fourth-order valence-electron chi connectivity index (χ4n) is 2.60. The third-order valence-electron chi connectivity index (χ3n) is 3.75. The predicted molar refractivity (Wildman–Crippen MR) is 62.9 cm³/mol. The van der Waals surface area contributed by atoms with Gasteiger partial charge in [-0.05, 0) is 51.9 Å². The number of carbonyl (C=O) groups excluding carboxylic acids is 1. The third kappa shape index (κ3) is 2.57. The van der Waals surface area contributed by atoms with E-state index < -0.39 is 6.10 Å². The summed E-state index contributed by atoms with van der Waals surface area (Å²) in [6.07, 6.45) is 3.32. The molecule has 2 rings (SSSR count). The summed E-state index contributed by atoms with van der Waals surface area (Å²) in [4.78, 5) is 14.1. The van der Waals surface area contributed by atoms with Gasteiger partial charge in [-0.2, -0.15) is 0 Å². The lowest BCUT2D eigenvalue weighted by Gasteiger charge is -2.28. The Morgan fingerprint density at radius 3 is 2.44 bits per heavy atom. The quantitative estimate of drug-likeness (QED) is 0.773. The van der Waals surface area contributed by atoms with E-state index in [1.807, 2.05) is 18.7 Å². The Morgan fingerprint density at radius 2 is 2.00 bits per heavy atom. The molecule has 2 fully saturated rings. The van der Waals surface area contributed by atoms with E-state index in [0.717, 1.165) is 12.3 Å². The van der Waals surface area contributed by atoms with E-state index in [1.54, 1.807) is 6.92 Å². The number of hydrogen-bond donors (Lipinski definition) is 1. The first-order valence-electron chi connectivity index (χ1n) is 6.49. The van der Waals surface area contributed by atoms with Gasteiger partial charge in [-0.25, -0.2) is 0 Å². The van der Waals surface area contributed by atoms with Gasteiger partial charge in [0, 0.05) is 18.5 Å². The van der Waals surface area contributed by atoms with Crippen LogP contribution in [0.4, 0.5) is 0 Å². The molecule has 0 saturated heterocycles. The molecule has 0 radical (unpaired) electrons. The average Bonchev–Trinajstić information content (AvgIpc) is 3.00. The van der Waals surface area contributed by atoms with Crippen LogP contribution in [0.2, 0.25) is 0 Å². The normalized spacial score (nSPS) is 30.3. The topological polar surface area (TPSA) is 40.5 Å². The van der Waals surface area contributed by atoms with Crippen LogP contribution < -0.4 is 0 Å².